The summed E-state index contributed by atoms with van der Waals surface area (Å²) in [5, 5.41) is 11.5. The normalized spacial score (nSPS) is 14.6. The molecule has 16 heavy (non-hydrogen) atoms. The fourth-order valence-electron chi connectivity index (χ4n) is 1.66. The zero-order valence-corrected chi connectivity index (χ0v) is 10.6. The van der Waals surface area contributed by atoms with Gasteiger partial charge in [0.15, 0.2) is 0 Å². The smallest absolute Gasteiger partial charge is 0.326 e. The molecule has 2 atom stereocenters. The Kier molecular flexibility index (Phi) is 6.77. The highest BCUT2D eigenvalue weighted by atomic mass is 16.4. The number of hydrogen-bond donors (Lipinski definition) is 2. The fraction of sp³-hybridized carbons (Fsp3) is 0.833. The number of rotatable bonds is 7. The molecule has 0 rings (SSSR count). The van der Waals surface area contributed by atoms with E-state index in [9.17, 15) is 9.59 Å². The highest BCUT2D eigenvalue weighted by molar-refractivity contribution is 5.83. The summed E-state index contributed by atoms with van der Waals surface area (Å²) in [6, 6.07) is -0.777. The van der Waals surface area contributed by atoms with E-state index < -0.39 is 12.0 Å². The van der Waals surface area contributed by atoms with Gasteiger partial charge in [0.1, 0.15) is 6.04 Å². The van der Waals surface area contributed by atoms with Gasteiger partial charge in [0.05, 0.1) is 0 Å². The summed E-state index contributed by atoms with van der Waals surface area (Å²) in [5.74, 6) is -0.914. The van der Waals surface area contributed by atoms with E-state index in [1.54, 1.807) is 13.8 Å². The van der Waals surface area contributed by atoms with E-state index in [1.807, 2.05) is 6.92 Å². The second kappa shape index (κ2) is 7.25. The molecule has 0 heterocycles. The summed E-state index contributed by atoms with van der Waals surface area (Å²) in [7, 11) is 0. The molecule has 0 aromatic carbocycles. The van der Waals surface area contributed by atoms with Crippen LogP contribution in [0.2, 0.25) is 0 Å². The number of carboxylic acid groups (broad SMARTS) is 1. The van der Waals surface area contributed by atoms with Crippen LogP contribution in [0.4, 0.5) is 0 Å². The van der Waals surface area contributed by atoms with E-state index in [0.29, 0.717) is 12.3 Å². The second-order valence-corrected chi connectivity index (χ2v) is 4.73. The lowest BCUT2D eigenvalue weighted by Crippen LogP contribution is -2.44. The van der Waals surface area contributed by atoms with Crippen molar-refractivity contribution in [1.82, 2.24) is 5.32 Å². The van der Waals surface area contributed by atoms with E-state index in [-0.39, 0.29) is 11.8 Å². The molecule has 0 fully saturated rings. The molecule has 94 valence electrons. The Bertz CT molecular complexity index is 238. The maximum absolute atomic E-state index is 11.6. The van der Waals surface area contributed by atoms with Crippen molar-refractivity contribution >= 4 is 11.9 Å². The topological polar surface area (TPSA) is 66.4 Å². The van der Waals surface area contributed by atoms with Crippen LogP contribution in [0.3, 0.4) is 0 Å². The summed E-state index contributed by atoms with van der Waals surface area (Å²) in [6.45, 7) is 7.65. The molecule has 0 aromatic heterocycles. The number of aliphatic carboxylic acids is 1. The van der Waals surface area contributed by atoms with Crippen LogP contribution in [0.1, 0.15) is 47.0 Å². The average Bonchev–Trinajstić information content (AvgIpc) is 2.13. The molecule has 0 bridgehead atoms. The van der Waals surface area contributed by atoms with Crippen LogP contribution in [0.25, 0.3) is 0 Å². The Morgan fingerprint density at radius 3 is 2.19 bits per heavy atom. The monoisotopic (exact) mass is 229 g/mol. The molecule has 4 heteroatoms. The van der Waals surface area contributed by atoms with Crippen LogP contribution < -0.4 is 5.32 Å². The third-order valence-electron chi connectivity index (χ3n) is 2.56. The lowest BCUT2D eigenvalue weighted by Gasteiger charge is -2.19. The molecular formula is C12H23NO3. The molecule has 1 unspecified atom stereocenters. The van der Waals surface area contributed by atoms with Gasteiger partial charge in [0, 0.05) is 6.42 Å². The van der Waals surface area contributed by atoms with Crippen molar-refractivity contribution in [3.05, 3.63) is 0 Å². The third-order valence-corrected chi connectivity index (χ3v) is 2.56. The molecule has 2 N–H and O–H groups in total. The summed E-state index contributed by atoms with van der Waals surface area (Å²) in [6.07, 6.45) is 2.44. The van der Waals surface area contributed by atoms with Crippen molar-refractivity contribution in [2.24, 2.45) is 11.8 Å². The van der Waals surface area contributed by atoms with Crippen LogP contribution in [0.15, 0.2) is 0 Å². The molecule has 0 spiro atoms. The third kappa shape index (κ3) is 5.73. The average molecular weight is 229 g/mol. The van der Waals surface area contributed by atoms with Crippen LogP contribution >= 0.6 is 0 Å². The van der Waals surface area contributed by atoms with Crippen molar-refractivity contribution < 1.29 is 14.7 Å². The van der Waals surface area contributed by atoms with Gasteiger partial charge in [-0.05, 0) is 11.8 Å². The largest absolute Gasteiger partial charge is 0.480 e. The van der Waals surface area contributed by atoms with Gasteiger partial charge in [-0.2, -0.15) is 0 Å². The molecule has 0 saturated heterocycles. The minimum Gasteiger partial charge on any atom is -0.480 e. The molecule has 0 aliphatic carbocycles. The second-order valence-electron chi connectivity index (χ2n) is 4.73. The predicted octanol–water partition coefficient (Wildman–Crippen LogP) is 2.04. The van der Waals surface area contributed by atoms with Crippen molar-refractivity contribution in [3.8, 4) is 0 Å². The van der Waals surface area contributed by atoms with E-state index in [1.165, 1.54) is 0 Å². The first kappa shape index (κ1) is 14.9. The Hall–Kier alpha value is -1.06. The number of carboxylic acids is 1. The molecule has 0 radical (unpaired) electrons. The number of hydrogen-bond acceptors (Lipinski definition) is 2. The lowest BCUT2D eigenvalue weighted by molar-refractivity contribution is -0.143. The van der Waals surface area contributed by atoms with Crippen LogP contribution in [-0.2, 0) is 9.59 Å². The van der Waals surface area contributed by atoms with Gasteiger partial charge in [0.2, 0.25) is 5.91 Å². The van der Waals surface area contributed by atoms with Gasteiger partial charge >= 0.3 is 5.97 Å². The number of carbonyl (C=O) groups is 2. The van der Waals surface area contributed by atoms with Crippen molar-refractivity contribution in [2.75, 3.05) is 0 Å². The Labute approximate surface area is 97.4 Å². The molecule has 0 aliphatic heterocycles. The maximum Gasteiger partial charge on any atom is 0.326 e. The lowest BCUT2D eigenvalue weighted by atomic mass is 10.0. The van der Waals surface area contributed by atoms with E-state index in [0.717, 1.165) is 12.8 Å². The van der Waals surface area contributed by atoms with Crippen LogP contribution in [0, 0.1) is 11.8 Å². The van der Waals surface area contributed by atoms with Crippen molar-refractivity contribution in [2.45, 2.75) is 53.0 Å². The molecule has 4 nitrogen and oxygen atoms in total. The SMILES string of the molecule is CCCC(C)CC(=O)N[C@H](C(=O)O)C(C)C. The maximum atomic E-state index is 11.6. The first-order valence-electron chi connectivity index (χ1n) is 5.90. The van der Waals surface area contributed by atoms with Crippen molar-refractivity contribution in [3.63, 3.8) is 0 Å². The molecule has 0 aliphatic rings. The highest BCUT2D eigenvalue weighted by Crippen LogP contribution is 2.10. The summed E-state index contributed by atoms with van der Waals surface area (Å²) >= 11 is 0. The zero-order chi connectivity index (χ0) is 12.7. The van der Waals surface area contributed by atoms with Crippen LogP contribution in [-0.4, -0.2) is 23.0 Å². The number of nitrogens with one attached hydrogen (secondary N) is 1. The van der Waals surface area contributed by atoms with Gasteiger partial charge < -0.3 is 10.4 Å². The van der Waals surface area contributed by atoms with E-state index in [2.05, 4.69) is 12.2 Å². The minimum atomic E-state index is -0.966. The van der Waals surface area contributed by atoms with Gasteiger partial charge in [-0.15, -0.1) is 0 Å². The summed E-state index contributed by atoms with van der Waals surface area (Å²) in [5.41, 5.74) is 0. The van der Waals surface area contributed by atoms with Gasteiger partial charge in [-0.3, -0.25) is 4.79 Å². The first-order valence-corrected chi connectivity index (χ1v) is 5.90. The Morgan fingerprint density at radius 1 is 1.25 bits per heavy atom. The number of amides is 1. The van der Waals surface area contributed by atoms with E-state index in [4.69, 9.17) is 5.11 Å². The fourth-order valence-corrected chi connectivity index (χ4v) is 1.66. The van der Waals surface area contributed by atoms with E-state index >= 15 is 0 Å². The molecule has 0 saturated carbocycles. The molecule has 0 aromatic rings. The van der Waals surface area contributed by atoms with Crippen molar-refractivity contribution in [1.29, 1.82) is 0 Å². The molecule has 1 amide bonds. The zero-order valence-electron chi connectivity index (χ0n) is 10.6. The number of carbonyl (C=O) groups excluding carboxylic acids is 1. The standard InChI is InChI=1S/C12H23NO3/c1-5-6-9(4)7-10(14)13-11(8(2)3)12(15)16/h8-9,11H,5-7H2,1-4H3,(H,13,14)(H,15,16)/t9?,11-/m0/s1. The van der Waals surface area contributed by atoms with Gasteiger partial charge in [0.25, 0.3) is 0 Å². The highest BCUT2D eigenvalue weighted by Gasteiger charge is 2.23. The molecular weight excluding hydrogens is 206 g/mol. The minimum absolute atomic E-state index is 0.0945. The van der Waals surface area contributed by atoms with Gasteiger partial charge in [-0.25, -0.2) is 4.79 Å². The quantitative estimate of drug-likeness (QED) is 0.702. The van der Waals surface area contributed by atoms with Crippen LogP contribution in [0.5, 0.6) is 0 Å². The Morgan fingerprint density at radius 2 is 1.81 bits per heavy atom. The van der Waals surface area contributed by atoms with Gasteiger partial charge in [-0.1, -0.05) is 40.5 Å². The summed E-state index contributed by atoms with van der Waals surface area (Å²) in [4.78, 5) is 22.4. The summed E-state index contributed by atoms with van der Waals surface area (Å²) < 4.78 is 0. The Balaban J connectivity index is 4.15. The predicted molar refractivity (Wildman–Crippen MR) is 63.1 cm³/mol. The first-order chi connectivity index (χ1) is 7.38.